The van der Waals surface area contributed by atoms with Crippen molar-refractivity contribution in [1.82, 2.24) is 5.32 Å². The zero-order valence-electron chi connectivity index (χ0n) is 11.9. The topological polar surface area (TPSA) is 12.0 Å². The summed E-state index contributed by atoms with van der Waals surface area (Å²) in [6.45, 7) is 5.49. The second kappa shape index (κ2) is 7.46. The van der Waals surface area contributed by atoms with Crippen molar-refractivity contribution in [2.75, 3.05) is 6.54 Å². The van der Waals surface area contributed by atoms with Crippen molar-refractivity contribution >= 4 is 11.3 Å². The van der Waals surface area contributed by atoms with E-state index in [2.05, 4.69) is 60.3 Å². The molecule has 0 radical (unpaired) electrons. The molecule has 0 amide bonds. The predicted molar refractivity (Wildman–Crippen MR) is 84.9 cm³/mol. The van der Waals surface area contributed by atoms with Crippen LogP contribution in [-0.2, 0) is 6.42 Å². The monoisotopic (exact) mass is 273 g/mol. The zero-order valence-corrected chi connectivity index (χ0v) is 12.7. The van der Waals surface area contributed by atoms with Crippen molar-refractivity contribution in [3.8, 4) is 0 Å². The van der Waals surface area contributed by atoms with Crippen LogP contribution in [0, 0.1) is 0 Å². The smallest absolute Gasteiger partial charge is 0.0584 e. The quantitative estimate of drug-likeness (QED) is 0.765. The van der Waals surface area contributed by atoms with Crippen LogP contribution in [0.4, 0.5) is 0 Å². The van der Waals surface area contributed by atoms with Crippen LogP contribution in [0.15, 0.2) is 41.1 Å². The van der Waals surface area contributed by atoms with Gasteiger partial charge in [0.2, 0.25) is 0 Å². The number of aryl methyl sites for hydroxylation is 1. The highest BCUT2D eigenvalue weighted by Crippen LogP contribution is 2.24. The summed E-state index contributed by atoms with van der Waals surface area (Å²) in [5.74, 6) is 0. The average molecular weight is 273 g/mol. The van der Waals surface area contributed by atoms with Gasteiger partial charge in [-0.3, -0.25) is 0 Å². The molecule has 1 heterocycles. The van der Waals surface area contributed by atoms with Gasteiger partial charge in [0.1, 0.15) is 0 Å². The molecule has 1 unspecified atom stereocenters. The molecule has 1 aromatic carbocycles. The van der Waals surface area contributed by atoms with Crippen LogP contribution in [0.1, 0.15) is 49.4 Å². The Balaban J connectivity index is 2.17. The highest BCUT2D eigenvalue weighted by molar-refractivity contribution is 7.08. The van der Waals surface area contributed by atoms with Gasteiger partial charge in [-0.05, 0) is 52.9 Å². The SMILES string of the molecule is CCCNC(c1ccc(CCC)cc1)c1ccsc1. The molecule has 2 heteroatoms. The minimum atomic E-state index is 0.335. The number of thiophene rings is 1. The van der Waals surface area contributed by atoms with Crippen molar-refractivity contribution in [3.05, 3.63) is 57.8 Å². The molecule has 0 fully saturated rings. The summed E-state index contributed by atoms with van der Waals surface area (Å²) in [4.78, 5) is 0. The second-order valence-electron chi connectivity index (χ2n) is 4.94. The van der Waals surface area contributed by atoms with Crippen LogP contribution in [0.3, 0.4) is 0 Å². The molecule has 0 bridgehead atoms. The van der Waals surface area contributed by atoms with Crippen LogP contribution in [0.25, 0.3) is 0 Å². The van der Waals surface area contributed by atoms with E-state index in [0.717, 1.165) is 13.0 Å². The Bertz CT molecular complexity index is 459. The minimum Gasteiger partial charge on any atom is -0.306 e. The summed E-state index contributed by atoms with van der Waals surface area (Å²) in [6, 6.07) is 11.6. The first-order chi connectivity index (χ1) is 9.35. The van der Waals surface area contributed by atoms with Gasteiger partial charge in [0.25, 0.3) is 0 Å². The molecular formula is C17H23NS. The largest absolute Gasteiger partial charge is 0.306 e. The zero-order chi connectivity index (χ0) is 13.5. The van der Waals surface area contributed by atoms with Crippen molar-refractivity contribution in [3.63, 3.8) is 0 Å². The Morgan fingerprint density at radius 2 is 1.79 bits per heavy atom. The van der Waals surface area contributed by atoms with E-state index in [0.29, 0.717) is 6.04 Å². The summed E-state index contributed by atoms with van der Waals surface area (Å²) in [7, 11) is 0. The van der Waals surface area contributed by atoms with E-state index in [9.17, 15) is 0 Å². The molecule has 1 aromatic heterocycles. The van der Waals surface area contributed by atoms with Crippen LogP contribution in [0.2, 0.25) is 0 Å². The lowest BCUT2D eigenvalue weighted by Gasteiger charge is -2.18. The molecule has 0 saturated heterocycles. The molecule has 0 aliphatic rings. The molecular weight excluding hydrogens is 250 g/mol. The first-order valence-corrected chi connectivity index (χ1v) is 8.13. The summed E-state index contributed by atoms with van der Waals surface area (Å²) in [6.07, 6.45) is 3.54. The molecule has 0 spiro atoms. The lowest BCUT2D eigenvalue weighted by Crippen LogP contribution is -2.22. The van der Waals surface area contributed by atoms with E-state index < -0.39 is 0 Å². The van der Waals surface area contributed by atoms with Gasteiger partial charge in [-0.25, -0.2) is 0 Å². The number of rotatable bonds is 7. The van der Waals surface area contributed by atoms with E-state index in [1.807, 2.05) is 0 Å². The van der Waals surface area contributed by atoms with Crippen LogP contribution in [-0.4, -0.2) is 6.54 Å². The number of hydrogen-bond donors (Lipinski definition) is 1. The third-order valence-corrected chi connectivity index (χ3v) is 4.03. The van der Waals surface area contributed by atoms with Crippen LogP contribution >= 0.6 is 11.3 Å². The fourth-order valence-electron chi connectivity index (χ4n) is 2.32. The Morgan fingerprint density at radius 3 is 2.37 bits per heavy atom. The third kappa shape index (κ3) is 3.92. The van der Waals surface area contributed by atoms with Gasteiger partial charge >= 0.3 is 0 Å². The number of benzene rings is 1. The van der Waals surface area contributed by atoms with Crippen molar-refractivity contribution in [2.45, 2.75) is 39.2 Å². The number of hydrogen-bond acceptors (Lipinski definition) is 2. The van der Waals surface area contributed by atoms with Crippen LogP contribution < -0.4 is 5.32 Å². The molecule has 102 valence electrons. The maximum absolute atomic E-state index is 3.65. The minimum absolute atomic E-state index is 0.335. The number of nitrogens with one attached hydrogen (secondary N) is 1. The van der Waals surface area contributed by atoms with E-state index in [1.165, 1.54) is 29.5 Å². The molecule has 1 atom stereocenters. The Hall–Kier alpha value is -1.12. The lowest BCUT2D eigenvalue weighted by molar-refractivity contribution is 0.600. The van der Waals surface area contributed by atoms with Gasteiger partial charge in [0.05, 0.1) is 6.04 Å². The van der Waals surface area contributed by atoms with E-state index >= 15 is 0 Å². The third-order valence-electron chi connectivity index (χ3n) is 3.33. The van der Waals surface area contributed by atoms with Gasteiger partial charge in [-0.2, -0.15) is 11.3 Å². The predicted octanol–water partition coefficient (Wildman–Crippen LogP) is 4.79. The van der Waals surface area contributed by atoms with Crippen LogP contribution in [0.5, 0.6) is 0 Å². The normalized spacial score (nSPS) is 12.5. The first-order valence-electron chi connectivity index (χ1n) is 7.19. The summed E-state index contributed by atoms with van der Waals surface area (Å²) >= 11 is 1.77. The van der Waals surface area contributed by atoms with Gasteiger partial charge in [0, 0.05) is 0 Å². The average Bonchev–Trinajstić information content (AvgIpc) is 2.95. The molecule has 0 aliphatic carbocycles. The molecule has 0 aliphatic heterocycles. The summed E-state index contributed by atoms with van der Waals surface area (Å²) in [5.41, 5.74) is 4.18. The summed E-state index contributed by atoms with van der Waals surface area (Å²) < 4.78 is 0. The summed E-state index contributed by atoms with van der Waals surface area (Å²) in [5, 5.41) is 8.04. The molecule has 1 nitrogen and oxygen atoms in total. The van der Waals surface area contributed by atoms with E-state index in [1.54, 1.807) is 11.3 Å². The fraction of sp³-hybridized carbons (Fsp3) is 0.412. The molecule has 1 N–H and O–H groups in total. The van der Waals surface area contributed by atoms with Gasteiger partial charge in [0.15, 0.2) is 0 Å². The van der Waals surface area contributed by atoms with Gasteiger partial charge < -0.3 is 5.32 Å². The Labute approximate surface area is 120 Å². The Morgan fingerprint density at radius 1 is 1.00 bits per heavy atom. The van der Waals surface area contributed by atoms with E-state index in [-0.39, 0.29) is 0 Å². The molecule has 2 rings (SSSR count). The van der Waals surface area contributed by atoms with Crippen molar-refractivity contribution in [2.24, 2.45) is 0 Å². The highest BCUT2D eigenvalue weighted by Gasteiger charge is 2.13. The molecule has 2 aromatic rings. The maximum Gasteiger partial charge on any atom is 0.0584 e. The van der Waals surface area contributed by atoms with Gasteiger partial charge in [-0.15, -0.1) is 0 Å². The van der Waals surface area contributed by atoms with E-state index in [4.69, 9.17) is 0 Å². The van der Waals surface area contributed by atoms with Crippen molar-refractivity contribution < 1.29 is 0 Å². The standard InChI is InChI=1S/C17H23NS/c1-3-5-14-6-8-15(9-7-14)17(18-11-4-2)16-10-12-19-13-16/h6-10,12-13,17-18H,3-5,11H2,1-2H3. The molecule has 0 saturated carbocycles. The second-order valence-corrected chi connectivity index (χ2v) is 5.72. The maximum atomic E-state index is 3.65. The fourth-order valence-corrected chi connectivity index (χ4v) is 3.01. The lowest BCUT2D eigenvalue weighted by atomic mass is 9.99. The van der Waals surface area contributed by atoms with Crippen molar-refractivity contribution in [1.29, 1.82) is 0 Å². The Kier molecular flexibility index (Phi) is 5.62. The highest BCUT2D eigenvalue weighted by atomic mass is 32.1. The first kappa shape index (κ1) is 14.3. The molecule has 19 heavy (non-hydrogen) atoms. The van der Waals surface area contributed by atoms with Gasteiger partial charge in [-0.1, -0.05) is 44.5 Å².